The van der Waals surface area contributed by atoms with Crippen molar-refractivity contribution in [3.63, 3.8) is 0 Å². The SMILES string of the molecule is Cc1ccc(C(=O)Cc2ccncn2)c(C)c1. The van der Waals surface area contributed by atoms with Crippen LogP contribution in [0.25, 0.3) is 0 Å². The fourth-order valence-electron chi connectivity index (χ4n) is 1.81. The average Bonchev–Trinajstić information content (AvgIpc) is 2.30. The summed E-state index contributed by atoms with van der Waals surface area (Å²) < 4.78 is 0. The van der Waals surface area contributed by atoms with Crippen LogP contribution < -0.4 is 0 Å². The summed E-state index contributed by atoms with van der Waals surface area (Å²) in [7, 11) is 0. The van der Waals surface area contributed by atoms with Gasteiger partial charge >= 0.3 is 0 Å². The molecule has 0 aliphatic heterocycles. The van der Waals surface area contributed by atoms with Crippen LogP contribution in [0.2, 0.25) is 0 Å². The molecule has 1 heterocycles. The molecule has 0 atom stereocenters. The molecule has 2 rings (SSSR count). The molecule has 0 unspecified atom stereocenters. The molecule has 0 fully saturated rings. The maximum Gasteiger partial charge on any atom is 0.169 e. The summed E-state index contributed by atoms with van der Waals surface area (Å²) in [6, 6.07) is 7.63. The lowest BCUT2D eigenvalue weighted by atomic mass is 9.99. The van der Waals surface area contributed by atoms with E-state index in [4.69, 9.17) is 0 Å². The van der Waals surface area contributed by atoms with Crippen LogP contribution in [0, 0.1) is 13.8 Å². The third-order valence-electron chi connectivity index (χ3n) is 2.67. The highest BCUT2D eigenvalue weighted by molar-refractivity contribution is 5.98. The van der Waals surface area contributed by atoms with Gasteiger partial charge in [-0.3, -0.25) is 4.79 Å². The van der Waals surface area contributed by atoms with E-state index in [0.717, 1.165) is 16.8 Å². The first kappa shape index (κ1) is 11.5. The van der Waals surface area contributed by atoms with Crippen LogP contribution in [0.5, 0.6) is 0 Å². The Morgan fingerprint density at radius 3 is 2.71 bits per heavy atom. The molecule has 17 heavy (non-hydrogen) atoms. The number of aromatic nitrogens is 2. The number of hydrogen-bond acceptors (Lipinski definition) is 3. The van der Waals surface area contributed by atoms with E-state index in [1.807, 2.05) is 32.0 Å². The van der Waals surface area contributed by atoms with Gasteiger partial charge in [0.1, 0.15) is 6.33 Å². The van der Waals surface area contributed by atoms with Crippen LogP contribution in [0.15, 0.2) is 36.8 Å². The maximum atomic E-state index is 12.1. The van der Waals surface area contributed by atoms with Crippen LogP contribution in [-0.2, 0) is 6.42 Å². The van der Waals surface area contributed by atoms with E-state index >= 15 is 0 Å². The third kappa shape index (κ3) is 2.75. The Kier molecular flexibility index (Phi) is 3.28. The lowest BCUT2D eigenvalue weighted by molar-refractivity contribution is 0.0991. The van der Waals surface area contributed by atoms with Crippen molar-refractivity contribution in [3.8, 4) is 0 Å². The molecule has 0 bridgehead atoms. The van der Waals surface area contributed by atoms with Crippen molar-refractivity contribution in [2.75, 3.05) is 0 Å². The monoisotopic (exact) mass is 226 g/mol. The van der Waals surface area contributed by atoms with Crippen LogP contribution in [0.3, 0.4) is 0 Å². The zero-order chi connectivity index (χ0) is 12.3. The second kappa shape index (κ2) is 4.87. The third-order valence-corrected chi connectivity index (χ3v) is 2.67. The smallest absolute Gasteiger partial charge is 0.169 e. The van der Waals surface area contributed by atoms with Crippen LogP contribution in [-0.4, -0.2) is 15.8 Å². The van der Waals surface area contributed by atoms with E-state index in [2.05, 4.69) is 9.97 Å². The molecule has 0 aliphatic rings. The van der Waals surface area contributed by atoms with Gasteiger partial charge < -0.3 is 0 Å². The number of nitrogens with zero attached hydrogens (tertiary/aromatic N) is 2. The van der Waals surface area contributed by atoms with Gasteiger partial charge in [0, 0.05) is 11.8 Å². The van der Waals surface area contributed by atoms with Gasteiger partial charge in [-0.1, -0.05) is 23.8 Å². The van der Waals surface area contributed by atoms with E-state index < -0.39 is 0 Å². The van der Waals surface area contributed by atoms with Gasteiger partial charge in [0.05, 0.1) is 12.1 Å². The molecule has 1 aromatic carbocycles. The molecule has 0 radical (unpaired) electrons. The van der Waals surface area contributed by atoms with Crippen LogP contribution >= 0.6 is 0 Å². The first-order valence-corrected chi connectivity index (χ1v) is 5.52. The lowest BCUT2D eigenvalue weighted by Crippen LogP contribution is -2.07. The molecule has 0 saturated carbocycles. The largest absolute Gasteiger partial charge is 0.294 e. The molecule has 0 saturated heterocycles. The molecule has 3 nitrogen and oxygen atoms in total. The molecule has 3 heteroatoms. The number of ketones is 1. The fraction of sp³-hybridized carbons (Fsp3) is 0.214. The molecule has 2 aromatic rings. The van der Waals surface area contributed by atoms with E-state index in [0.29, 0.717) is 6.42 Å². The van der Waals surface area contributed by atoms with Gasteiger partial charge in [-0.2, -0.15) is 0 Å². The molecule has 0 spiro atoms. The van der Waals surface area contributed by atoms with E-state index in [9.17, 15) is 4.79 Å². The Bertz CT molecular complexity index is 535. The summed E-state index contributed by atoms with van der Waals surface area (Å²) in [6.45, 7) is 3.98. The number of rotatable bonds is 3. The highest BCUT2D eigenvalue weighted by Gasteiger charge is 2.10. The molecule has 0 amide bonds. The van der Waals surface area contributed by atoms with Crippen molar-refractivity contribution < 1.29 is 4.79 Å². The first-order valence-electron chi connectivity index (χ1n) is 5.52. The van der Waals surface area contributed by atoms with E-state index in [1.165, 1.54) is 11.9 Å². The Labute approximate surface area is 101 Å². The van der Waals surface area contributed by atoms with Gasteiger partial charge in [0.25, 0.3) is 0 Å². The lowest BCUT2D eigenvalue weighted by Gasteiger charge is -2.05. The highest BCUT2D eigenvalue weighted by Crippen LogP contribution is 2.13. The zero-order valence-electron chi connectivity index (χ0n) is 9.97. The van der Waals surface area contributed by atoms with Crippen molar-refractivity contribution in [3.05, 3.63) is 59.2 Å². The minimum absolute atomic E-state index is 0.0983. The Hall–Kier alpha value is -2.03. The second-order valence-corrected chi connectivity index (χ2v) is 4.12. The van der Waals surface area contributed by atoms with Gasteiger partial charge in [0.2, 0.25) is 0 Å². The van der Waals surface area contributed by atoms with Crippen molar-refractivity contribution in [1.29, 1.82) is 0 Å². The Balaban J connectivity index is 2.21. The summed E-state index contributed by atoms with van der Waals surface area (Å²) in [4.78, 5) is 20.0. The summed E-state index contributed by atoms with van der Waals surface area (Å²) in [5.74, 6) is 0.0983. The standard InChI is InChI=1S/C14H14N2O/c1-10-3-4-13(11(2)7-10)14(17)8-12-5-6-15-9-16-12/h3-7,9H,8H2,1-2H3. The molecular formula is C14H14N2O. The molecule has 1 aromatic heterocycles. The van der Waals surface area contributed by atoms with Crippen molar-refractivity contribution in [2.24, 2.45) is 0 Å². The van der Waals surface area contributed by atoms with E-state index in [1.54, 1.807) is 12.3 Å². The number of benzene rings is 1. The van der Waals surface area contributed by atoms with Crippen LogP contribution in [0.1, 0.15) is 27.2 Å². The minimum atomic E-state index is 0.0983. The number of hydrogen-bond donors (Lipinski definition) is 0. The number of aryl methyl sites for hydroxylation is 2. The average molecular weight is 226 g/mol. The van der Waals surface area contributed by atoms with Gasteiger partial charge in [-0.05, 0) is 25.5 Å². The fourth-order valence-corrected chi connectivity index (χ4v) is 1.81. The van der Waals surface area contributed by atoms with E-state index in [-0.39, 0.29) is 5.78 Å². The number of carbonyl (C=O) groups is 1. The number of carbonyl (C=O) groups excluding carboxylic acids is 1. The second-order valence-electron chi connectivity index (χ2n) is 4.12. The molecule has 0 N–H and O–H groups in total. The highest BCUT2D eigenvalue weighted by atomic mass is 16.1. The Morgan fingerprint density at radius 2 is 2.06 bits per heavy atom. The van der Waals surface area contributed by atoms with Gasteiger partial charge in [0.15, 0.2) is 5.78 Å². The van der Waals surface area contributed by atoms with Crippen LogP contribution in [0.4, 0.5) is 0 Å². The van der Waals surface area contributed by atoms with Crippen molar-refractivity contribution >= 4 is 5.78 Å². The summed E-state index contributed by atoms with van der Waals surface area (Å²) in [5.41, 5.74) is 3.71. The maximum absolute atomic E-state index is 12.1. The predicted molar refractivity (Wildman–Crippen MR) is 66.0 cm³/mol. The normalized spacial score (nSPS) is 10.2. The molecule has 0 aliphatic carbocycles. The van der Waals surface area contributed by atoms with Crippen molar-refractivity contribution in [1.82, 2.24) is 9.97 Å². The predicted octanol–water partition coefficient (Wildman–Crippen LogP) is 2.52. The summed E-state index contributed by atoms with van der Waals surface area (Å²) >= 11 is 0. The van der Waals surface area contributed by atoms with Crippen molar-refractivity contribution in [2.45, 2.75) is 20.3 Å². The Morgan fingerprint density at radius 1 is 1.24 bits per heavy atom. The van der Waals surface area contributed by atoms with Gasteiger partial charge in [-0.25, -0.2) is 9.97 Å². The topological polar surface area (TPSA) is 42.9 Å². The first-order chi connectivity index (χ1) is 8.16. The molecular weight excluding hydrogens is 212 g/mol. The summed E-state index contributed by atoms with van der Waals surface area (Å²) in [6.07, 6.45) is 3.44. The summed E-state index contributed by atoms with van der Waals surface area (Å²) in [5, 5.41) is 0. The quantitative estimate of drug-likeness (QED) is 0.755. The molecule has 86 valence electrons. The number of Topliss-reactive ketones (excluding diaryl/α,β-unsaturated/α-hetero) is 1. The van der Waals surface area contributed by atoms with Gasteiger partial charge in [-0.15, -0.1) is 0 Å². The minimum Gasteiger partial charge on any atom is -0.294 e. The zero-order valence-corrected chi connectivity index (χ0v) is 9.97.